The van der Waals surface area contributed by atoms with Gasteiger partial charge in [-0.05, 0) is 43.0 Å². The molecule has 0 unspecified atom stereocenters. The average molecular weight is 426 g/mol. The molecule has 9 heteroatoms. The van der Waals surface area contributed by atoms with Gasteiger partial charge in [-0.3, -0.25) is 0 Å². The van der Waals surface area contributed by atoms with Gasteiger partial charge in [0.25, 0.3) is 0 Å². The molecule has 4 rings (SSSR count). The molecule has 3 N–H and O–H groups in total. The highest BCUT2D eigenvalue weighted by Gasteiger charge is 2.15. The lowest BCUT2D eigenvalue weighted by Gasteiger charge is -2.21. The number of methoxy groups -OCH3 is 1. The van der Waals surface area contributed by atoms with Crippen molar-refractivity contribution >= 4 is 23.5 Å². The fraction of sp³-hybridized carbons (Fsp3) is 0.409. The first-order valence-corrected chi connectivity index (χ1v) is 10.6. The topological polar surface area (TPSA) is 97.1 Å². The van der Waals surface area contributed by atoms with Crippen LogP contribution in [0, 0.1) is 11.7 Å². The van der Waals surface area contributed by atoms with Crippen LogP contribution in [-0.4, -0.2) is 28.6 Å². The molecule has 0 radical (unpaired) electrons. The van der Waals surface area contributed by atoms with Gasteiger partial charge in [0.2, 0.25) is 17.8 Å². The second kappa shape index (κ2) is 10.1. The van der Waals surface area contributed by atoms with Crippen LogP contribution >= 0.6 is 0 Å². The van der Waals surface area contributed by atoms with Crippen LogP contribution in [-0.2, 0) is 6.54 Å². The summed E-state index contributed by atoms with van der Waals surface area (Å²) in [5.41, 5.74) is 0.514. The molecule has 8 nitrogen and oxygen atoms in total. The van der Waals surface area contributed by atoms with Crippen molar-refractivity contribution in [3.63, 3.8) is 0 Å². The van der Waals surface area contributed by atoms with E-state index in [2.05, 4.69) is 30.9 Å². The minimum Gasteiger partial charge on any atom is -0.494 e. The molecule has 1 aliphatic carbocycles. The minimum absolute atomic E-state index is 0.178. The summed E-state index contributed by atoms with van der Waals surface area (Å²) >= 11 is 0. The third-order valence-electron chi connectivity index (χ3n) is 5.32. The lowest BCUT2D eigenvalue weighted by molar-refractivity contribution is 0.373. The molecular weight excluding hydrogens is 399 g/mol. The van der Waals surface area contributed by atoms with E-state index in [1.165, 1.54) is 45.3 Å². The highest BCUT2D eigenvalue weighted by atomic mass is 19.1. The molecule has 31 heavy (non-hydrogen) atoms. The Morgan fingerprint density at radius 2 is 1.81 bits per heavy atom. The van der Waals surface area contributed by atoms with Gasteiger partial charge < -0.3 is 25.1 Å². The Labute approximate surface area is 180 Å². The second-order valence-electron chi connectivity index (χ2n) is 7.60. The predicted molar refractivity (Wildman–Crippen MR) is 117 cm³/mol. The molecule has 0 atom stereocenters. The van der Waals surface area contributed by atoms with Crippen LogP contribution < -0.4 is 20.7 Å². The first-order valence-electron chi connectivity index (χ1n) is 10.6. The Bertz CT molecular complexity index is 976. The zero-order valence-electron chi connectivity index (χ0n) is 17.5. The molecule has 0 aliphatic heterocycles. The summed E-state index contributed by atoms with van der Waals surface area (Å²) in [7, 11) is 1.43. The first-order chi connectivity index (χ1) is 15.2. The van der Waals surface area contributed by atoms with Gasteiger partial charge in [0.15, 0.2) is 11.6 Å². The van der Waals surface area contributed by atoms with Crippen LogP contribution in [0.2, 0.25) is 0 Å². The number of hydrogen-bond acceptors (Lipinski definition) is 8. The van der Waals surface area contributed by atoms with Crippen LogP contribution in [0.25, 0.3) is 0 Å². The normalized spacial score (nSPS) is 14.3. The van der Waals surface area contributed by atoms with Crippen LogP contribution in [0.3, 0.4) is 0 Å². The van der Waals surface area contributed by atoms with E-state index in [4.69, 9.17) is 9.15 Å². The molecule has 164 valence electrons. The van der Waals surface area contributed by atoms with Gasteiger partial charge in [0.1, 0.15) is 5.76 Å². The maximum absolute atomic E-state index is 14.1. The maximum Gasteiger partial charge on any atom is 0.233 e. The number of furan rings is 1. The average Bonchev–Trinajstić information content (AvgIpc) is 3.31. The SMILES string of the molecule is COc1ccc(Nc2nc(NCc3ccco3)nc(NCC3CCCCC3)n2)cc1F. The Morgan fingerprint density at radius 1 is 1.03 bits per heavy atom. The van der Waals surface area contributed by atoms with Crippen molar-refractivity contribution < 1.29 is 13.5 Å². The Hall–Kier alpha value is -3.36. The maximum atomic E-state index is 14.1. The van der Waals surface area contributed by atoms with Gasteiger partial charge in [0, 0.05) is 18.3 Å². The summed E-state index contributed by atoms with van der Waals surface area (Å²) in [4.78, 5) is 13.4. The quantitative estimate of drug-likeness (QED) is 0.442. The van der Waals surface area contributed by atoms with E-state index in [0.717, 1.165) is 12.3 Å². The summed E-state index contributed by atoms with van der Waals surface area (Å²) in [5.74, 6) is 2.28. The van der Waals surface area contributed by atoms with Gasteiger partial charge >= 0.3 is 0 Å². The highest BCUT2D eigenvalue weighted by Crippen LogP contribution is 2.25. The molecule has 3 aromatic rings. The number of aromatic nitrogens is 3. The Kier molecular flexibility index (Phi) is 6.81. The van der Waals surface area contributed by atoms with Gasteiger partial charge in [-0.2, -0.15) is 15.0 Å². The molecule has 1 saturated carbocycles. The number of rotatable bonds is 9. The fourth-order valence-corrected chi connectivity index (χ4v) is 3.67. The lowest BCUT2D eigenvalue weighted by atomic mass is 9.89. The molecule has 0 bridgehead atoms. The molecule has 2 heterocycles. The number of nitrogens with one attached hydrogen (secondary N) is 3. The van der Waals surface area contributed by atoms with E-state index in [0.29, 0.717) is 36.0 Å². The molecule has 1 aromatic carbocycles. The van der Waals surface area contributed by atoms with Gasteiger partial charge in [0.05, 0.1) is 19.9 Å². The molecule has 0 amide bonds. The van der Waals surface area contributed by atoms with Gasteiger partial charge in [-0.1, -0.05) is 19.3 Å². The summed E-state index contributed by atoms with van der Waals surface area (Å²) in [6.45, 7) is 1.26. The van der Waals surface area contributed by atoms with E-state index in [1.54, 1.807) is 18.4 Å². The highest BCUT2D eigenvalue weighted by molar-refractivity contribution is 5.57. The monoisotopic (exact) mass is 426 g/mol. The molecule has 2 aromatic heterocycles. The van der Waals surface area contributed by atoms with E-state index in [1.807, 2.05) is 12.1 Å². The van der Waals surface area contributed by atoms with Crippen molar-refractivity contribution in [3.05, 3.63) is 48.2 Å². The lowest BCUT2D eigenvalue weighted by Crippen LogP contribution is -2.19. The van der Waals surface area contributed by atoms with Crippen molar-refractivity contribution in [2.75, 3.05) is 29.6 Å². The summed E-state index contributed by atoms with van der Waals surface area (Å²) < 4.78 is 24.4. The predicted octanol–water partition coefficient (Wildman–Crippen LogP) is 4.96. The standard InChI is InChI=1S/C22H27FN6O2/c1-30-19-10-9-16(12-18(19)23)26-22-28-20(24-13-15-6-3-2-4-7-15)27-21(29-22)25-14-17-8-5-11-31-17/h5,8-12,15H,2-4,6-7,13-14H2,1H3,(H3,24,25,26,27,28,29). The van der Waals surface area contributed by atoms with Crippen LogP contribution in [0.4, 0.5) is 27.9 Å². The van der Waals surface area contributed by atoms with Crippen LogP contribution in [0.15, 0.2) is 41.0 Å². The first kappa shape index (κ1) is 20.9. The number of benzene rings is 1. The van der Waals surface area contributed by atoms with E-state index in [-0.39, 0.29) is 5.75 Å². The number of hydrogen-bond donors (Lipinski definition) is 3. The van der Waals surface area contributed by atoms with E-state index < -0.39 is 5.82 Å². The van der Waals surface area contributed by atoms with Crippen LogP contribution in [0.1, 0.15) is 37.9 Å². The van der Waals surface area contributed by atoms with Crippen molar-refractivity contribution in [3.8, 4) is 5.75 Å². The zero-order valence-corrected chi connectivity index (χ0v) is 17.5. The van der Waals surface area contributed by atoms with E-state index >= 15 is 0 Å². The summed E-state index contributed by atoms with van der Waals surface area (Å²) in [6, 6.07) is 8.30. The third-order valence-corrected chi connectivity index (χ3v) is 5.32. The molecule has 0 spiro atoms. The largest absolute Gasteiger partial charge is 0.494 e. The van der Waals surface area contributed by atoms with Gasteiger partial charge in [-0.15, -0.1) is 0 Å². The van der Waals surface area contributed by atoms with E-state index in [9.17, 15) is 4.39 Å². The zero-order chi connectivity index (χ0) is 21.5. The third kappa shape index (κ3) is 5.84. The van der Waals surface area contributed by atoms with Crippen molar-refractivity contribution in [2.45, 2.75) is 38.6 Å². The number of ether oxygens (including phenoxy) is 1. The van der Waals surface area contributed by atoms with Crippen molar-refractivity contribution in [1.29, 1.82) is 0 Å². The number of halogens is 1. The summed E-state index contributed by atoms with van der Waals surface area (Å²) in [5, 5.41) is 9.54. The molecular formula is C22H27FN6O2. The smallest absolute Gasteiger partial charge is 0.233 e. The van der Waals surface area contributed by atoms with Crippen LogP contribution in [0.5, 0.6) is 5.75 Å². The molecule has 0 saturated heterocycles. The molecule has 1 aliphatic rings. The summed E-state index contributed by atoms with van der Waals surface area (Å²) in [6.07, 6.45) is 7.92. The van der Waals surface area contributed by atoms with Crippen molar-refractivity contribution in [2.24, 2.45) is 5.92 Å². The Balaban J connectivity index is 1.50. The number of nitrogens with zero attached hydrogens (tertiary/aromatic N) is 3. The van der Waals surface area contributed by atoms with Crippen molar-refractivity contribution in [1.82, 2.24) is 15.0 Å². The molecule has 1 fully saturated rings. The minimum atomic E-state index is -0.464. The van der Waals surface area contributed by atoms with Gasteiger partial charge in [-0.25, -0.2) is 4.39 Å². The fourth-order valence-electron chi connectivity index (χ4n) is 3.67. The second-order valence-corrected chi connectivity index (χ2v) is 7.60. The Morgan fingerprint density at radius 3 is 2.52 bits per heavy atom. The number of anilines is 4.